The quantitative estimate of drug-likeness (QED) is 0.251. The molecule has 3 N–H and O–H groups in total. The fourth-order valence-electron chi connectivity index (χ4n) is 3.75. The molecule has 1 rings (SSSR count). The number of methoxy groups -OCH3 is 2. The summed E-state index contributed by atoms with van der Waals surface area (Å²) >= 11 is 0. The molecular formula is C29H44O6. The van der Waals surface area contributed by atoms with E-state index in [0.29, 0.717) is 25.7 Å². The molecule has 35 heavy (non-hydrogen) atoms. The zero-order valence-electron chi connectivity index (χ0n) is 22.6. The smallest absolute Gasteiger partial charge is 0.159 e. The van der Waals surface area contributed by atoms with Crippen LogP contribution in [0.2, 0.25) is 0 Å². The molecule has 0 unspecified atom stereocenters. The average molecular weight is 489 g/mol. The van der Waals surface area contributed by atoms with Crippen molar-refractivity contribution >= 4 is 5.78 Å². The lowest BCUT2D eigenvalue weighted by Gasteiger charge is -2.26. The van der Waals surface area contributed by atoms with Crippen molar-refractivity contribution in [3.8, 4) is 11.5 Å². The van der Waals surface area contributed by atoms with Crippen molar-refractivity contribution in [2.75, 3.05) is 14.2 Å². The Labute approximate surface area is 211 Å². The lowest BCUT2D eigenvalue weighted by atomic mass is 9.93. The minimum atomic E-state index is -1.26. The van der Waals surface area contributed by atoms with Crippen molar-refractivity contribution < 1.29 is 29.6 Å². The van der Waals surface area contributed by atoms with Gasteiger partial charge in [0.25, 0.3) is 0 Å². The number of aliphatic hydroxyl groups is 3. The van der Waals surface area contributed by atoms with E-state index in [2.05, 4.69) is 0 Å². The number of aliphatic hydroxyl groups excluding tert-OH is 2. The van der Waals surface area contributed by atoms with Gasteiger partial charge in [0.2, 0.25) is 0 Å². The Morgan fingerprint density at radius 2 is 1.71 bits per heavy atom. The summed E-state index contributed by atoms with van der Waals surface area (Å²) in [5, 5.41) is 30.0. The summed E-state index contributed by atoms with van der Waals surface area (Å²) in [6, 6.07) is 3.89. The van der Waals surface area contributed by atoms with E-state index >= 15 is 0 Å². The van der Waals surface area contributed by atoms with Gasteiger partial charge in [-0.2, -0.15) is 0 Å². The van der Waals surface area contributed by atoms with E-state index < -0.39 is 17.8 Å². The van der Waals surface area contributed by atoms with Crippen LogP contribution in [-0.4, -0.2) is 53.1 Å². The van der Waals surface area contributed by atoms with Crippen molar-refractivity contribution in [3.63, 3.8) is 0 Å². The highest BCUT2D eigenvalue weighted by atomic mass is 16.5. The standard InChI is InChI=1S/C29H44O6/c1-19(10-9-11-21(3)26(31)18-27(32)29(5,6)33)14-24(30)15-20(2)12-13-23-17-25(34-7)16-22(4)28(23)35-8/h11-12,14,16-17,26-27,31-33H,9-10,13,15,18H2,1-8H3/t26-,27+/m1/s1. The minimum Gasteiger partial charge on any atom is -0.497 e. The van der Waals surface area contributed by atoms with Crippen LogP contribution in [0, 0.1) is 6.92 Å². The Morgan fingerprint density at radius 1 is 1.06 bits per heavy atom. The van der Waals surface area contributed by atoms with Gasteiger partial charge in [0.05, 0.1) is 32.0 Å². The third kappa shape index (κ3) is 10.8. The molecule has 0 spiro atoms. The van der Waals surface area contributed by atoms with Gasteiger partial charge in [0, 0.05) is 18.4 Å². The number of ketones is 1. The molecule has 6 heteroatoms. The highest BCUT2D eigenvalue weighted by molar-refractivity contribution is 5.91. The first-order valence-corrected chi connectivity index (χ1v) is 12.1. The van der Waals surface area contributed by atoms with Crippen LogP contribution >= 0.6 is 0 Å². The van der Waals surface area contributed by atoms with Crippen LogP contribution in [0.1, 0.15) is 71.4 Å². The number of rotatable bonds is 14. The number of carbonyl (C=O) groups is 1. The molecule has 0 amide bonds. The van der Waals surface area contributed by atoms with Crippen molar-refractivity contribution in [2.24, 2.45) is 0 Å². The maximum atomic E-state index is 12.5. The van der Waals surface area contributed by atoms with Crippen molar-refractivity contribution in [1.29, 1.82) is 0 Å². The zero-order valence-corrected chi connectivity index (χ0v) is 22.6. The molecule has 0 heterocycles. The minimum absolute atomic E-state index is 0.0547. The summed E-state index contributed by atoms with van der Waals surface area (Å²) in [5.74, 6) is 1.67. The van der Waals surface area contributed by atoms with Gasteiger partial charge >= 0.3 is 0 Å². The lowest BCUT2D eigenvalue weighted by Crippen LogP contribution is -2.38. The number of hydrogen-bond donors (Lipinski definition) is 3. The molecule has 0 saturated heterocycles. The second-order valence-electron chi connectivity index (χ2n) is 9.93. The Hall–Kier alpha value is -2.41. The fraction of sp³-hybridized carbons (Fsp3) is 0.552. The molecular weight excluding hydrogens is 444 g/mol. The number of aryl methyl sites for hydroxylation is 1. The number of ether oxygens (including phenoxy) is 2. The van der Waals surface area contributed by atoms with Crippen molar-refractivity contribution in [1.82, 2.24) is 0 Å². The molecule has 0 saturated carbocycles. The van der Waals surface area contributed by atoms with Crippen LogP contribution < -0.4 is 9.47 Å². The Morgan fingerprint density at radius 3 is 2.29 bits per heavy atom. The van der Waals surface area contributed by atoms with Gasteiger partial charge < -0.3 is 24.8 Å². The Bertz CT molecular complexity index is 933. The first-order chi connectivity index (χ1) is 16.3. The molecule has 2 atom stereocenters. The van der Waals surface area contributed by atoms with Crippen LogP contribution in [0.3, 0.4) is 0 Å². The molecule has 1 aromatic rings. The van der Waals surface area contributed by atoms with E-state index in [-0.39, 0.29) is 12.2 Å². The number of allylic oxidation sites excluding steroid dienone is 5. The third-order valence-electron chi connectivity index (χ3n) is 6.09. The summed E-state index contributed by atoms with van der Waals surface area (Å²) in [5.41, 5.74) is 3.48. The monoisotopic (exact) mass is 488 g/mol. The molecule has 196 valence electrons. The van der Waals surface area contributed by atoms with Crippen LogP contribution in [0.5, 0.6) is 11.5 Å². The van der Waals surface area contributed by atoms with E-state index in [4.69, 9.17) is 9.47 Å². The average Bonchev–Trinajstić information content (AvgIpc) is 2.76. The van der Waals surface area contributed by atoms with Gasteiger partial charge in [-0.1, -0.05) is 23.3 Å². The van der Waals surface area contributed by atoms with Crippen LogP contribution in [0.25, 0.3) is 0 Å². The van der Waals surface area contributed by atoms with Crippen LogP contribution in [-0.2, 0) is 11.2 Å². The summed E-state index contributed by atoms with van der Waals surface area (Å²) in [6.45, 7) is 10.7. The topological polar surface area (TPSA) is 96.2 Å². The largest absolute Gasteiger partial charge is 0.497 e. The Balaban J connectivity index is 2.64. The van der Waals surface area contributed by atoms with Gasteiger partial charge in [-0.15, -0.1) is 0 Å². The number of benzene rings is 1. The van der Waals surface area contributed by atoms with E-state index in [0.717, 1.165) is 39.3 Å². The fourth-order valence-corrected chi connectivity index (χ4v) is 3.75. The second-order valence-corrected chi connectivity index (χ2v) is 9.93. The van der Waals surface area contributed by atoms with Crippen molar-refractivity contribution in [2.45, 2.75) is 91.5 Å². The molecule has 6 nitrogen and oxygen atoms in total. The van der Waals surface area contributed by atoms with Gasteiger partial charge in [-0.25, -0.2) is 0 Å². The summed E-state index contributed by atoms with van der Waals surface area (Å²) in [4.78, 5) is 12.5. The maximum Gasteiger partial charge on any atom is 0.159 e. The van der Waals surface area contributed by atoms with E-state index in [1.54, 1.807) is 27.2 Å². The predicted molar refractivity (Wildman–Crippen MR) is 141 cm³/mol. The molecule has 0 aliphatic carbocycles. The molecule has 0 fully saturated rings. The van der Waals surface area contributed by atoms with Gasteiger partial charge in [0.1, 0.15) is 11.5 Å². The number of carbonyl (C=O) groups excluding carboxylic acids is 1. The van der Waals surface area contributed by atoms with Crippen molar-refractivity contribution in [3.05, 3.63) is 58.2 Å². The zero-order chi connectivity index (χ0) is 26.8. The van der Waals surface area contributed by atoms with E-state index in [9.17, 15) is 20.1 Å². The SMILES string of the molecule is COc1cc(C)c(OC)c(CC=C(C)CC(=O)C=C(C)CCC=C(C)[C@H](O)C[C@H](O)C(C)(C)O)c1. The molecule has 0 aliphatic rings. The molecule has 0 bridgehead atoms. The third-order valence-corrected chi connectivity index (χ3v) is 6.09. The maximum absolute atomic E-state index is 12.5. The lowest BCUT2D eigenvalue weighted by molar-refractivity contribution is -0.114. The number of hydrogen-bond acceptors (Lipinski definition) is 6. The summed E-state index contributed by atoms with van der Waals surface area (Å²) in [7, 11) is 3.30. The van der Waals surface area contributed by atoms with Gasteiger partial charge in [-0.3, -0.25) is 4.79 Å². The molecule has 0 radical (unpaired) electrons. The van der Waals surface area contributed by atoms with Gasteiger partial charge in [0.15, 0.2) is 5.78 Å². The predicted octanol–water partition coefficient (Wildman–Crippen LogP) is 5.02. The highest BCUT2D eigenvalue weighted by Gasteiger charge is 2.27. The van der Waals surface area contributed by atoms with Gasteiger partial charge in [-0.05, 0) is 90.2 Å². The summed E-state index contributed by atoms with van der Waals surface area (Å²) < 4.78 is 10.9. The first kappa shape index (κ1) is 30.6. The normalized spacial score (nSPS) is 15.1. The molecule has 0 aliphatic heterocycles. The second kappa shape index (κ2) is 14.2. The molecule has 1 aromatic carbocycles. The van der Waals surface area contributed by atoms with E-state index in [1.807, 2.05) is 45.1 Å². The molecule has 0 aromatic heterocycles. The highest BCUT2D eigenvalue weighted by Crippen LogP contribution is 2.29. The van der Waals surface area contributed by atoms with E-state index in [1.165, 1.54) is 13.8 Å². The van der Waals surface area contributed by atoms with Crippen LogP contribution in [0.15, 0.2) is 47.1 Å². The summed E-state index contributed by atoms with van der Waals surface area (Å²) in [6.07, 6.45) is 6.28. The van der Waals surface area contributed by atoms with Crippen LogP contribution in [0.4, 0.5) is 0 Å². The first-order valence-electron chi connectivity index (χ1n) is 12.1. The Kier molecular flexibility index (Phi) is 12.4.